The number of fused-ring (bicyclic) bond motifs is 2. The molecule has 2 heterocycles. The molecule has 0 aromatic heterocycles. The first kappa shape index (κ1) is 19.7. The van der Waals surface area contributed by atoms with E-state index in [1.807, 2.05) is 5.47 Å². The fourth-order valence-electron chi connectivity index (χ4n) is 5.41. The molecule has 2 rings (SSSR count). The number of allylic oxidation sites excluding steroid dienone is 2. The minimum atomic E-state index is -1.99. The zero-order valence-corrected chi connectivity index (χ0v) is 18.7. The van der Waals surface area contributed by atoms with Gasteiger partial charge < -0.3 is 0 Å². The summed E-state index contributed by atoms with van der Waals surface area (Å²) in [6.45, 7) is 8.38. The van der Waals surface area contributed by atoms with Crippen molar-refractivity contribution in [3.05, 3.63) is 10.9 Å². The molecule has 0 aromatic rings. The van der Waals surface area contributed by atoms with Gasteiger partial charge in [0.05, 0.1) is 0 Å². The molecule has 0 atom stereocenters. The van der Waals surface area contributed by atoms with E-state index in [0.29, 0.717) is 6.92 Å². The van der Waals surface area contributed by atoms with Crippen molar-refractivity contribution in [1.82, 2.24) is 0 Å². The van der Waals surface area contributed by atoms with Gasteiger partial charge in [0.15, 0.2) is 0 Å². The molecule has 2 aliphatic heterocycles. The summed E-state index contributed by atoms with van der Waals surface area (Å²) in [6, 6.07) is 0. The van der Waals surface area contributed by atoms with Crippen LogP contribution in [0, 0.1) is 0 Å². The molecule has 0 N–H and O–H groups in total. The van der Waals surface area contributed by atoms with Crippen LogP contribution in [0.1, 0.15) is 72.1 Å². The van der Waals surface area contributed by atoms with Crippen molar-refractivity contribution in [3.63, 3.8) is 0 Å². The second-order valence-electron chi connectivity index (χ2n) is 8.79. The summed E-state index contributed by atoms with van der Waals surface area (Å²) in [5.74, 6) is 9.12. The molecule has 0 aliphatic carbocycles. The topological polar surface area (TPSA) is 9.23 Å². The fraction of sp³-hybridized carbons (Fsp3) is 0.895. The molecule has 0 saturated carbocycles. The van der Waals surface area contributed by atoms with Crippen LogP contribution in [-0.4, -0.2) is 27.2 Å². The second kappa shape index (κ2) is 8.65. The predicted octanol–water partition coefficient (Wildman–Crippen LogP) is 6.65. The maximum absolute atomic E-state index is 6.67. The van der Waals surface area contributed by atoms with E-state index in [1.54, 1.807) is 5.47 Å². The van der Waals surface area contributed by atoms with Gasteiger partial charge in [-0.05, 0) is 0 Å². The number of hydrogen-bond acceptors (Lipinski definition) is 1. The first-order valence-electron chi connectivity index (χ1n) is 10.3. The van der Waals surface area contributed by atoms with Crippen molar-refractivity contribution < 1.29 is 3.68 Å². The van der Waals surface area contributed by atoms with Crippen LogP contribution in [0.5, 0.6) is 0 Å². The summed E-state index contributed by atoms with van der Waals surface area (Å²) in [5.41, 5.74) is 3.51. The summed E-state index contributed by atoms with van der Waals surface area (Å²) in [6.07, 6.45) is 12.5. The van der Waals surface area contributed by atoms with Crippen molar-refractivity contribution in [2.45, 2.75) is 107 Å². The van der Waals surface area contributed by atoms with E-state index >= 15 is 0 Å². The quantitative estimate of drug-likeness (QED) is 0.452. The first-order chi connectivity index (χ1) is 10.9. The van der Waals surface area contributed by atoms with E-state index in [9.17, 15) is 0 Å². The predicted molar refractivity (Wildman–Crippen MR) is 109 cm³/mol. The summed E-state index contributed by atoms with van der Waals surface area (Å²) >= 11 is -1.99. The second-order valence-corrected chi connectivity index (χ2v) is 18.2. The molecule has 0 unspecified atom stereocenters. The van der Waals surface area contributed by atoms with Crippen molar-refractivity contribution in [2.75, 3.05) is 0 Å². The molecule has 23 heavy (non-hydrogen) atoms. The summed E-state index contributed by atoms with van der Waals surface area (Å²) in [5, 5.41) is 0. The number of rotatable bonds is 7. The Kier molecular flexibility index (Phi) is 7.41. The molecule has 0 spiro atoms. The Labute approximate surface area is 149 Å². The van der Waals surface area contributed by atoms with E-state index in [-0.39, 0.29) is 0 Å². The van der Waals surface area contributed by atoms with E-state index in [0.717, 1.165) is 24.7 Å². The Morgan fingerprint density at radius 2 is 1.48 bits per heavy atom. The third kappa shape index (κ3) is 4.94. The molecular weight excluding hydrogens is 338 g/mol. The third-order valence-electron chi connectivity index (χ3n) is 6.15. The Bertz CT molecular complexity index is 394. The van der Waals surface area contributed by atoms with Gasteiger partial charge >= 0.3 is 149 Å². The molecule has 2 aliphatic rings. The fourth-order valence-corrected chi connectivity index (χ4v) is 7.85. The van der Waals surface area contributed by atoms with Gasteiger partial charge in [-0.25, -0.2) is 0 Å². The van der Waals surface area contributed by atoms with Gasteiger partial charge in [-0.1, -0.05) is 0 Å². The average Bonchev–Trinajstić information content (AvgIpc) is 2.49. The van der Waals surface area contributed by atoms with Gasteiger partial charge in [0.2, 0.25) is 0 Å². The molecular formula is C19H38B2GeO. The van der Waals surface area contributed by atoms with Gasteiger partial charge in [0.25, 0.3) is 0 Å². The van der Waals surface area contributed by atoms with Crippen LogP contribution in [0.4, 0.5) is 0 Å². The van der Waals surface area contributed by atoms with Gasteiger partial charge in [-0.15, -0.1) is 0 Å². The van der Waals surface area contributed by atoms with E-state index in [2.05, 4.69) is 38.0 Å². The van der Waals surface area contributed by atoms with Crippen molar-refractivity contribution in [2.24, 2.45) is 0 Å². The van der Waals surface area contributed by atoms with Crippen LogP contribution < -0.4 is 0 Å². The van der Waals surface area contributed by atoms with Crippen molar-refractivity contribution >= 4 is 27.2 Å². The van der Waals surface area contributed by atoms with Gasteiger partial charge in [0, 0.05) is 0 Å². The van der Waals surface area contributed by atoms with Crippen molar-refractivity contribution in [3.8, 4) is 0 Å². The maximum atomic E-state index is 6.67. The molecule has 2 fully saturated rings. The molecule has 2 bridgehead atoms. The molecule has 4 heteroatoms. The SMILES string of the molecule is CCB([O][Ge]([CH3])([CH3])[CH3])/C(CC)=C(/CC)B1C2CCCC1CCC2. The summed E-state index contributed by atoms with van der Waals surface area (Å²) in [7, 11) is 0. The van der Waals surface area contributed by atoms with Crippen LogP contribution >= 0.6 is 0 Å². The standard InChI is InChI=1S/C19H38B2GeO/c1-7-18(20(9-3)23-22(4,5)6)19(8-2)21-16-12-10-13-17(21)15-11-14-16/h16-17H,7-15H2,1-6H3/b19-18-. The molecule has 1 nitrogen and oxygen atoms in total. The van der Waals surface area contributed by atoms with Crippen LogP contribution in [0.2, 0.25) is 35.2 Å². The Balaban J connectivity index is 2.34. The summed E-state index contributed by atoms with van der Waals surface area (Å²) in [4.78, 5) is 0. The van der Waals surface area contributed by atoms with E-state index in [1.165, 1.54) is 51.4 Å². The molecule has 130 valence electrons. The van der Waals surface area contributed by atoms with Crippen LogP contribution in [-0.2, 0) is 3.68 Å². The molecule has 2 saturated heterocycles. The minimum absolute atomic E-state index is 0.401. The normalized spacial score (nSPS) is 26.1. The van der Waals surface area contributed by atoms with Gasteiger partial charge in [-0.3, -0.25) is 0 Å². The zero-order valence-electron chi connectivity index (χ0n) is 16.6. The Morgan fingerprint density at radius 3 is 1.83 bits per heavy atom. The Hall–Kier alpha value is 0.373. The van der Waals surface area contributed by atoms with Crippen LogP contribution in [0.15, 0.2) is 10.9 Å². The van der Waals surface area contributed by atoms with Gasteiger partial charge in [-0.2, -0.15) is 0 Å². The van der Waals surface area contributed by atoms with Crippen LogP contribution in [0.25, 0.3) is 0 Å². The van der Waals surface area contributed by atoms with Crippen molar-refractivity contribution in [1.29, 1.82) is 0 Å². The molecule has 0 amide bonds. The average molecular weight is 377 g/mol. The number of hydrogen-bond donors (Lipinski definition) is 0. The van der Waals surface area contributed by atoms with E-state index in [4.69, 9.17) is 3.68 Å². The van der Waals surface area contributed by atoms with Gasteiger partial charge in [0.1, 0.15) is 0 Å². The molecule has 0 radical (unpaired) electrons. The monoisotopic (exact) mass is 378 g/mol. The zero-order chi connectivity index (χ0) is 17.0. The first-order valence-corrected chi connectivity index (χ1v) is 17.5. The molecule has 0 aromatic carbocycles. The summed E-state index contributed by atoms with van der Waals surface area (Å²) < 4.78 is 6.67. The van der Waals surface area contributed by atoms with Crippen LogP contribution in [0.3, 0.4) is 0 Å². The Morgan fingerprint density at radius 1 is 0.957 bits per heavy atom. The van der Waals surface area contributed by atoms with E-state index < -0.39 is 13.6 Å². The third-order valence-corrected chi connectivity index (χ3v) is 8.23.